The van der Waals surface area contributed by atoms with Gasteiger partial charge >= 0.3 is 6.03 Å². The van der Waals surface area contributed by atoms with Crippen LogP contribution in [0, 0.1) is 25.2 Å². The van der Waals surface area contributed by atoms with Crippen LogP contribution in [0.25, 0.3) is 0 Å². The number of rotatable bonds is 5. The quantitative estimate of drug-likeness (QED) is 0.797. The molecule has 4 rings (SSSR count). The molecule has 2 fully saturated rings. The molecule has 5 nitrogen and oxygen atoms in total. The maximum absolute atomic E-state index is 11.8. The fourth-order valence-electron chi connectivity index (χ4n) is 4.75. The third kappa shape index (κ3) is 3.30. The SMILES string of the molecule is Cc1ccc(CCC2C(c3ccc(N4CC(=O)NC4=O)cc3)C2(C)C)c(C)n1. The van der Waals surface area contributed by atoms with Gasteiger partial charge in [-0.2, -0.15) is 0 Å². The molecule has 2 atom stereocenters. The van der Waals surface area contributed by atoms with Gasteiger partial charge in [0, 0.05) is 17.1 Å². The lowest BCUT2D eigenvalue weighted by Gasteiger charge is -2.14. The first kappa shape index (κ1) is 18.7. The monoisotopic (exact) mass is 377 g/mol. The number of nitrogens with zero attached hydrogens (tertiary/aromatic N) is 2. The summed E-state index contributed by atoms with van der Waals surface area (Å²) in [5.41, 5.74) is 5.89. The van der Waals surface area contributed by atoms with Crippen LogP contribution in [-0.2, 0) is 11.2 Å². The van der Waals surface area contributed by atoms with Gasteiger partial charge in [-0.3, -0.25) is 20.0 Å². The molecule has 2 unspecified atom stereocenters. The number of carbonyl (C=O) groups is 2. The van der Waals surface area contributed by atoms with Crippen LogP contribution in [0.2, 0.25) is 0 Å². The Bertz CT molecular complexity index is 933. The van der Waals surface area contributed by atoms with Crippen molar-refractivity contribution in [2.24, 2.45) is 11.3 Å². The summed E-state index contributed by atoms with van der Waals surface area (Å²) in [7, 11) is 0. The Morgan fingerprint density at radius 1 is 1.11 bits per heavy atom. The fraction of sp³-hybridized carbons (Fsp3) is 0.435. The van der Waals surface area contributed by atoms with Crippen molar-refractivity contribution in [2.45, 2.75) is 46.5 Å². The van der Waals surface area contributed by atoms with Crippen LogP contribution >= 0.6 is 0 Å². The first-order valence-corrected chi connectivity index (χ1v) is 9.92. The zero-order valence-corrected chi connectivity index (χ0v) is 17.0. The number of benzene rings is 1. The number of hydrogen-bond acceptors (Lipinski definition) is 3. The topological polar surface area (TPSA) is 62.3 Å². The lowest BCUT2D eigenvalue weighted by Crippen LogP contribution is -2.27. The highest BCUT2D eigenvalue weighted by atomic mass is 16.2. The largest absolute Gasteiger partial charge is 0.329 e. The van der Waals surface area contributed by atoms with Crippen molar-refractivity contribution in [3.8, 4) is 0 Å². The molecular formula is C23H27N3O2. The van der Waals surface area contributed by atoms with Gasteiger partial charge in [-0.1, -0.05) is 32.0 Å². The van der Waals surface area contributed by atoms with E-state index in [0.717, 1.165) is 29.9 Å². The lowest BCUT2D eigenvalue weighted by atomic mass is 10.0. The predicted octanol–water partition coefficient (Wildman–Crippen LogP) is 4.13. The second-order valence-electron chi connectivity index (χ2n) is 8.67. The summed E-state index contributed by atoms with van der Waals surface area (Å²) in [6.45, 7) is 8.89. The Balaban J connectivity index is 1.44. The first-order chi connectivity index (χ1) is 13.3. The highest BCUT2D eigenvalue weighted by Gasteiger charge is 2.57. The molecule has 5 heteroatoms. The number of urea groups is 1. The van der Waals surface area contributed by atoms with Crippen LogP contribution in [0.5, 0.6) is 0 Å². The van der Waals surface area contributed by atoms with Gasteiger partial charge in [0.05, 0.1) is 0 Å². The zero-order chi connectivity index (χ0) is 20.1. The Morgan fingerprint density at radius 3 is 2.43 bits per heavy atom. The van der Waals surface area contributed by atoms with Crippen molar-refractivity contribution in [2.75, 3.05) is 11.4 Å². The number of pyridine rings is 1. The lowest BCUT2D eigenvalue weighted by molar-refractivity contribution is -0.117. The summed E-state index contributed by atoms with van der Waals surface area (Å²) in [6.07, 6.45) is 2.20. The molecule has 2 heterocycles. The molecule has 1 N–H and O–H groups in total. The summed E-state index contributed by atoms with van der Waals surface area (Å²) in [5.74, 6) is 0.906. The van der Waals surface area contributed by atoms with Crippen molar-refractivity contribution in [1.29, 1.82) is 0 Å². The minimum atomic E-state index is -0.343. The minimum Gasteiger partial charge on any atom is -0.285 e. The number of aromatic nitrogens is 1. The van der Waals surface area contributed by atoms with E-state index in [1.54, 1.807) is 0 Å². The van der Waals surface area contributed by atoms with Crippen molar-refractivity contribution < 1.29 is 9.59 Å². The molecule has 3 amide bonds. The van der Waals surface area contributed by atoms with Gasteiger partial charge in [0.15, 0.2) is 0 Å². The number of imide groups is 1. The van der Waals surface area contributed by atoms with E-state index in [0.29, 0.717) is 11.8 Å². The van der Waals surface area contributed by atoms with E-state index in [-0.39, 0.29) is 23.9 Å². The Hall–Kier alpha value is -2.69. The highest BCUT2D eigenvalue weighted by Crippen LogP contribution is 2.66. The van der Waals surface area contributed by atoms with Crippen LogP contribution in [0.3, 0.4) is 0 Å². The third-order valence-electron chi connectivity index (χ3n) is 6.47. The molecule has 1 aromatic heterocycles. The highest BCUT2D eigenvalue weighted by molar-refractivity contribution is 6.12. The van der Waals surface area contributed by atoms with E-state index in [4.69, 9.17) is 0 Å². The summed E-state index contributed by atoms with van der Waals surface area (Å²) in [5, 5.41) is 2.32. The number of amides is 3. The molecule has 0 bridgehead atoms. The summed E-state index contributed by atoms with van der Waals surface area (Å²) in [4.78, 5) is 29.3. The smallest absolute Gasteiger partial charge is 0.285 e. The van der Waals surface area contributed by atoms with E-state index in [1.807, 2.05) is 19.1 Å². The fourth-order valence-corrected chi connectivity index (χ4v) is 4.75. The van der Waals surface area contributed by atoms with Crippen molar-refractivity contribution in [3.05, 3.63) is 58.9 Å². The maximum Gasteiger partial charge on any atom is 0.329 e. The second kappa shape index (κ2) is 6.73. The molecule has 146 valence electrons. The van der Waals surface area contributed by atoms with Crippen LogP contribution in [-0.4, -0.2) is 23.5 Å². The number of carbonyl (C=O) groups excluding carboxylic acids is 2. The van der Waals surface area contributed by atoms with Gasteiger partial charge < -0.3 is 0 Å². The molecule has 2 aliphatic rings. The molecule has 0 radical (unpaired) electrons. The number of hydrogen-bond donors (Lipinski definition) is 1. The Labute approximate surface area is 166 Å². The van der Waals surface area contributed by atoms with Gasteiger partial charge in [0.1, 0.15) is 6.54 Å². The van der Waals surface area contributed by atoms with Crippen LogP contribution in [0.15, 0.2) is 36.4 Å². The van der Waals surface area contributed by atoms with Crippen LogP contribution in [0.4, 0.5) is 10.5 Å². The van der Waals surface area contributed by atoms with Gasteiger partial charge in [0.2, 0.25) is 5.91 Å². The Kier molecular flexibility index (Phi) is 4.48. The zero-order valence-electron chi connectivity index (χ0n) is 17.0. The molecule has 1 saturated carbocycles. The molecule has 28 heavy (non-hydrogen) atoms. The predicted molar refractivity (Wildman–Crippen MR) is 109 cm³/mol. The van der Waals surface area contributed by atoms with Gasteiger partial charge in [0.25, 0.3) is 0 Å². The summed E-state index contributed by atoms with van der Waals surface area (Å²) < 4.78 is 0. The van der Waals surface area contributed by atoms with E-state index < -0.39 is 0 Å². The molecule has 2 aromatic rings. The molecule has 1 aliphatic carbocycles. The van der Waals surface area contributed by atoms with E-state index >= 15 is 0 Å². The van der Waals surface area contributed by atoms with Crippen molar-refractivity contribution in [1.82, 2.24) is 10.3 Å². The molecular weight excluding hydrogens is 350 g/mol. The minimum absolute atomic E-state index is 0.0969. The van der Waals surface area contributed by atoms with Crippen LogP contribution in [0.1, 0.15) is 48.7 Å². The van der Waals surface area contributed by atoms with Crippen molar-refractivity contribution >= 4 is 17.6 Å². The first-order valence-electron chi connectivity index (χ1n) is 9.92. The van der Waals surface area contributed by atoms with Gasteiger partial charge in [-0.05, 0) is 73.3 Å². The number of nitrogens with one attached hydrogen (secondary N) is 1. The van der Waals surface area contributed by atoms with Gasteiger partial charge in [-0.25, -0.2) is 4.79 Å². The summed E-state index contributed by atoms with van der Waals surface area (Å²) in [6, 6.07) is 12.1. The summed E-state index contributed by atoms with van der Waals surface area (Å²) >= 11 is 0. The second-order valence-corrected chi connectivity index (χ2v) is 8.67. The van der Waals surface area contributed by atoms with Gasteiger partial charge in [-0.15, -0.1) is 0 Å². The molecule has 0 spiro atoms. The Morgan fingerprint density at radius 2 is 1.82 bits per heavy atom. The third-order valence-corrected chi connectivity index (χ3v) is 6.47. The number of anilines is 1. The van der Waals surface area contributed by atoms with E-state index in [9.17, 15) is 9.59 Å². The maximum atomic E-state index is 11.8. The molecule has 1 aliphatic heterocycles. The average molecular weight is 377 g/mol. The molecule has 1 aromatic carbocycles. The average Bonchev–Trinajstić information content (AvgIpc) is 3.00. The number of aryl methyl sites for hydroxylation is 3. The molecule has 1 saturated heterocycles. The van der Waals surface area contributed by atoms with Crippen LogP contribution < -0.4 is 10.2 Å². The van der Waals surface area contributed by atoms with E-state index in [1.165, 1.54) is 16.0 Å². The normalized spacial score (nSPS) is 23.1. The standard InChI is InChI=1S/C23H27N3O2/c1-14-5-6-16(15(2)24-14)9-12-19-21(23(19,3)4)17-7-10-18(11-8-17)26-13-20(27)25-22(26)28/h5-8,10-11,19,21H,9,12-13H2,1-4H3,(H,25,27,28). The van der Waals surface area contributed by atoms with Crippen molar-refractivity contribution in [3.63, 3.8) is 0 Å². The van der Waals surface area contributed by atoms with E-state index in [2.05, 4.69) is 55.3 Å².